The lowest BCUT2D eigenvalue weighted by Crippen LogP contribution is -2.51. The first-order chi connectivity index (χ1) is 9.15. The van der Waals surface area contributed by atoms with Gasteiger partial charge in [0.2, 0.25) is 5.91 Å². The van der Waals surface area contributed by atoms with Gasteiger partial charge in [0.25, 0.3) is 0 Å². The lowest BCUT2D eigenvalue weighted by atomic mass is 9.89. The van der Waals surface area contributed by atoms with E-state index in [1.54, 1.807) is 0 Å². The molecule has 1 aliphatic carbocycles. The summed E-state index contributed by atoms with van der Waals surface area (Å²) in [4.78, 5) is 12.4. The third kappa shape index (κ3) is 3.50. The van der Waals surface area contributed by atoms with Gasteiger partial charge in [-0.1, -0.05) is 33.6 Å². The van der Waals surface area contributed by atoms with E-state index in [9.17, 15) is 4.79 Å². The van der Waals surface area contributed by atoms with Gasteiger partial charge in [0.15, 0.2) is 0 Å². The van der Waals surface area contributed by atoms with Crippen LogP contribution in [0, 0.1) is 17.8 Å². The Kier molecular flexibility index (Phi) is 5.26. The molecule has 0 aromatic carbocycles. The van der Waals surface area contributed by atoms with Crippen LogP contribution in [0.1, 0.15) is 59.3 Å². The molecule has 0 radical (unpaired) electrons. The summed E-state index contributed by atoms with van der Waals surface area (Å²) in [6.45, 7) is 7.79. The summed E-state index contributed by atoms with van der Waals surface area (Å²) in [5.41, 5.74) is 0. The van der Waals surface area contributed by atoms with Gasteiger partial charge < -0.3 is 10.6 Å². The molecule has 1 saturated heterocycles. The fraction of sp³-hybridized carbons (Fsp3) is 0.938. The third-order valence-electron chi connectivity index (χ3n) is 5.48. The van der Waals surface area contributed by atoms with Crippen LogP contribution in [0.3, 0.4) is 0 Å². The summed E-state index contributed by atoms with van der Waals surface area (Å²) in [5.74, 6) is 2.40. The second-order valence-corrected chi connectivity index (χ2v) is 6.53. The first kappa shape index (κ1) is 14.8. The van der Waals surface area contributed by atoms with E-state index in [4.69, 9.17) is 0 Å². The molecule has 19 heavy (non-hydrogen) atoms. The number of carbonyl (C=O) groups excluding carboxylic acids is 1. The normalized spacial score (nSPS) is 39.2. The van der Waals surface area contributed by atoms with Crippen LogP contribution in [-0.4, -0.2) is 24.5 Å². The van der Waals surface area contributed by atoms with Gasteiger partial charge in [-0.25, -0.2) is 0 Å². The highest BCUT2D eigenvalue weighted by molar-refractivity contribution is 5.82. The molecule has 2 fully saturated rings. The number of rotatable bonds is 4. The Morgan fingerprint density at radius 2 is 2.00 bits per heavy atom. The third-order valence-corrected chi connectivity index (χ3v) is 5.48. The molecule has 0 aromatic heterocycles. The Bertz CT molecular complexity index is 305. The summed E-state index contributed by atoms with van der Waals surface area (Å²) < 4.78 is 0. The maximum atomic E-state index is 12.4. The van der Waals surface area contributed by atoms with Crippen molar-refractivity contribution in [3.05, 3.63) is 0 Å². The lowest BCUT2D eigenvalue weighted by molar-refractivity contribution is -0.125. The molecule has 1 heterocycles. The van der Waals surface area contributed by atoms with E-state index < -0.39 is 0 Å². The SMILES string of the molecule is CCC1CCNC(C(=O)NC2CCC(CC)C2C)C1. The second-order valence-electron chi connectivity index (χ2n) is 6.53. The molecule has 1 aliphatic heterocycles. The van der Waals surface area contributed by atoms with Crippen LogP contribution in [0.25, 0.3) is 0 Å². The highest BCUT2D eigenvalue weighted by Crippen LogP contribution is 2.34. The van der Waals surface area contributed by atoms with Crippen molar-refractivity contribution in [2.75, 3.05) is 6.54 Å². The first-order valence-electron chi connectivity index (χ1n) is 8.19. The van der Waals surface area contributed by atoms with Gasteiger partial charge in [-0.05, 0) is 50.0 Å². The van der Waals surface area contributed by atoms with Crippen LogP contribution in [0.4, 0.5) is 0 Å². The predicted molar refractivity (Wildman–Crippen MR) is 78.9 cm³/mol. The molecule has 0 bridgehead atoms. The van der Waals surface area contributed by atoms with E-state index in [1.807, 2.05) is 0 Å². The second kappa shape index (κ2) is 6.74. The number of piperidine rings is 1. The van der Waals surface area contributed by atoms with Gasteiger partial charge in [0, 0.05) is 6.04 Å². The monoisotopic (exact) mass is 266 g/mol. The van der Waals surface area contributed by atoms with Crippen LogP contribution in [0.2, 0.25) is 0 Å². The van der Waals surface area contributed by atoms with Gasteiger partial charge >= 0.3 is 0 Å². The molecule has 5 unspecified atom stereocenters. The molecule has 2 rings (SSSR count). The minimum absolute atomic E-state index is 0.0478. The van der Waals surface area contributed by atoms with Crippen molar-refractivity contribution in [3.63, 3.8) is 0 Å². The average molecular weight is 266 g/mol. The number of carbonyl (C=O) groups is 1. The van der Waals surface area contributed by atoms with Crippen molar-refractivity contribution in [1.82, 2.24) is 10.6 Å². The fourth-order valence-corrected chi connectivity index (χ4v) is 3.88. The van der Waals surface area contributed by atoms with E-state index in [2.05, 4.69) is 31.4 Å². The van der Waals surface area contributed by atoms with E-state index in [0.29, 0.717) is 12.0 Å². The summed E-state index contributed by atoms with van der Waals surface area (Å²) in [7, 11) is 0. The van der Waals surface area contributed by atoms with Gasteiger partial charge in [-0.3, -0.25) is 4.79 Å². The minimum atomic E-state index is 0.0478. The van der Waals surface area contributed by atoms with Crippen molar-refractivity contribution < 1.29 is 4.79 Å². The maximum Gasteiger partial charge on any atom is 0.237 e. The Balaban J connectivity index is 1.84. The van der Waals surface area contributed by atoms with Crippen LogP contribution in [0.15, 0.2) is 0 Å². The molecule has 1 amide bonds. The van der Waals surface area contributed by atoms with Crippen LogP contribution < -0.4 is 10.6 Å². The Morgan fingerprint density at radius 3 is 2.63 bits per heavy atom. The highest BCUT2D eigenvalue weighted by Gasteiger charge is 2.34. The first-order valence-corrected chi connectivity index (χ1v) is 8.19. The van der Waals surface area contributed by atoms with Crippen LogP contribution in [-0.2, 0) is 4.79 Å². The van der Waals surface area contributed by atoms with E-state index in [0.717, 1.165) is 31.2 Å². The topological polar surface area (TPSA) is 41.1 Å². The van der Waals surface area contributed by atoms with Crippen molar-refractivity contribution in [2.24, 2.45) is 17.8 Å². The van der Waals surface area contributed by atoms with Crippen molar-refractivity contribution in [2.45, 2.75) is 71.4 Å². The van der Waals surface area contributed by atoms with E-state index in [1.165, 1.54) is 25.7 Å². The molecule has 5 atom stereocenters. The zero-order valence-electron chi connectivity index (χ0n) is 12.7. The molecule has 3 nitrogen and oxygen atoms in total. The number of hydrogen-bond donors (Lipinski definition) is 2. The van der Waals surface area contributed by atoms with Crippen molar-refractivity contribution in [1.29, 1.82) is 0 Å². The lowest BCUT2D eigenvalue weighted by Gasteiger charge is -2.30. The van der Waals surface area contributed by atoms with Gasteiger partial charge in [0.1, 0.15) is 0 Å². The molecule has 3 heteroatoms. The highest BCUT2D eigenvalue weighted by atomic mass is 16.2. The van der Waals surface area contributed by atoms with Crippen molar-refractivity contribution >= 4 is 5.91 Å². The predicted octanol–water partition coefficient (Wildman–Crippen LogP) is 2.71. The summed E-state index contributed by atoms with van der Waals surface area (Å²) in [6, 6.07) is 0.452. The largest absolute Gasteiger partial charge is 0.352 e. The Labute approximate surface area is 117 Å². The van der Waals surface area contributed by atoms with Gasteiger partial charge in [-0.2, -0.15) is 0 Å². The standard InChI is InChI=1S/C16H30N2O/c1-4-12-8-9-17-15(10-12)16(19)18-14-7-6-13(5-2)11(14)3/h11-15,17H,4-10H2,1-3H3,(H,18,19). The smallest absolute Gasteiger partial charge is 0.237 e. The Morgan fingerprint density at radius 1 is 1.21 bits per heavy atom. The average Bonchev–Trinajstić information content (AvgIpc) is 2.79. The minimum Gasteiger partial charge on any atom is -0.352 e. The zero-order valence-corrected chi connectivity index (χ0v) is 12.7. The molecular weight excluding hydrogens is 236 g/mol. The molecule has 110 valence electrons. The molecule has 0 spiro atoms. The maximum absolute atomic E-state index is 12.4. The summed E-state index contributed by atoms with van der Waals surface area (Å²) in [6.07, 6.45) is 7.11. The van der Waals surface area contributed by atoms with E-state index >= 15 is 0 Å². The number of nitrogens with one attached hydrogen (secondary N) is 2. The zero-order chi connectivity index (χ0) is 13.8. The van der Waals surface area contributed by atoms with Crippen molar-refractivity contribution in [3.8, 4) is 0 Å². The van der Waals surface area contributed by atoms with Crippen LogP contribution >= 0.6 is 0 Å². The van der Waals surface area contributed by atoms with E-state index in [-0.39, 0.29) is 11.9 Å². The summed E-state index contributed by atoms with van der Waals surface area (Å²) >= 11 is 0. The van der Waals surface area contributed by atoms with Gasteiger partial charge in [0.05, 0.1) is 6.04 Å². The van der Waals surface area contributed by atoms with Gasteiger partial charge in [-0.15, -0.1) is 0 Å². The number of hydrogen-bond acceptors (Lipinski definition) is 2. The molecule has 2 aliphatic rings. The Hall–Kier alpha value is -0.570. The quantitative estimate of drug-likeness (QED) is 0.821. The molecule has 0 aromatic rings. The molecular formula is C16H30N2O. The van der Waals surface area contributed by atoms with Crippen LogP contribution in [0.5, 0.6) is 0 Å². The fourth-order valence-electron chi connectivity index (χ4n) is 3.88. The summed E-state index contributed by atoms with van der Waals surface area (Å²) in [5, 5.41) is 6.69. The molecule has 2 N–H and O–H groups in total. The number of amides is 1. The molecule has 1 saturated carbocycles.